The van der Waals surface area contributed by atoms with Crippen molar-refractivity contribution >= 4 is 29.1 Å². The third-order valence-corrected chi connectivity index (χ3v) is 5.00. The summed E-state index contributed by atoms with van der Waals surface area (Å²) in [5.41, 5.74) is 2.54. The van der Waals surface area contributed by atoms with E-state index in [0.29, 0.717) is 43.2 Å². The predicted molar refractivity (Wildman–Crippen MR) is 118 cm³/mol. The Morgan fingerprint density at radius 1 is 1.00 bits per heavy atom. The molecular formula is C23H29N4O4+. The lowest BCUT2D eigenvalue weighted by atomic mass is 10.1. The number of quaternary nitrogens is 1. The molecule has 0 aliphatic carbocycles. The first kappa shape index (κ1) is 22.5. The Bertz CT molecular complexity index is 941. The number of carbonyl (C=O) groups is 3. The molecule has 8 nitrogen and oxygen atoms in total. The summed E-state index contributed by atoms with van der Waals surface area (Å²) in [7, 11) is 1.80. The third kappa shape index (κ3) is 6.63. The molecule has 1 unspecified atom stereocenters. The van der Waals surface area contributed by atoms with Crippen molar-refractivity contribution in [1.82, 2.24) is 4.90 Å². The number of carbonyl (C=O) groups excluding carboxylic acids is 3. The maximum absolute atomic E-state index is 12.7. The number of para-hydroxylation sites is 1. The second-order valence-corrected chi connectivity index (χ2v) is 7.72. The fourth-order valence-electron chi connectivity index (χ4n) is 3.43. The van der Waals surface area contributed by atoms with Gasteiger partial charge in [0.25, 0.3) is 17.7 Å². The van der Waals surface area contributed by atoms with Gasteiger partial charge in [-0.1, -0.05) is 24.3 Å². The molecule has 0 bridgehead atoms. The van der Waals surface area contributed by atoms with E-state index < -0.39 is 0 Å². The molecule has 2 aromatic carbocycles. The minimum absolute atomic E-state index is 0.00605. The van der Waals surface area contributed by atoms with Crippen LogP contribution in [-0.4, -0.2) is 69.1 Å². The first-order chi connectivity index (χ1) is 14.9. The molecular weight excluding hydrogens is 396 g/mol. The van der Waals surface area contributed by atoms with E-state index in [2.05, 4.69) is 10.6 Å². The van der Waals surface area contributed by atoms with Gasteiger partial charge in [0, 0.05) is 18.8 Å². The molecule has 3 rings (SSSR count). The highest BCUT2D eigenvalue weighted by atomic mass is 16.5. The van der Waals surface area contributed by atoms with Gasteiger partial charge in [-0.2, -0.15) is 0 Å². The number of hydrogen-bond donors (Lipinski definition) is 3. The van der Waals surface area contributed by atoms with Gasteiger partial charge in [0.2, 0.25) is 0 Å². The Morgan fingerprint density at radius 3 is 2.48 bits per heavy atom. The number of ether oxygens (including phenoxy) is 1. The van der Waals surface area contributed by atoms with Gasteiger partial charge in [0.1, 0.15) is 0 Å². The number of benzene rings is 2. The molecule has 164 valence electrons. The number of anilines is 2. The largest absolute Gasteiger partial charge is 0.378 e. The Kier molecular flexibility index (Phi) is 7.75. The number of hydrogen-bond acceptors (Lipinski definition) is 4. The fourth-order valence-corrected chi connectivity index (χ4v) is 3.43. The fraction of sp³-hybridized carbons (Fsp3) is 0.348. The van der Waals surface area contributed by atoms with Crippen LogP contribution in [0.2, 0.25) is 0 Å². The van der Waals surface area contributed by atoms with E-state index in [4.69, 9.17) is 4.74 Å². The summed E-state index contributed by atoms with van der Waals surface area (Å²) in [4.78, 5) is 40.2. The molecule has 0 radical (unpaired) electrons. The quantitative estimate of drug-likeness (QED) is 0.605. The Balaban J connectivity index is 1.57. The van der Waals surface area contributed by atoms with Crippen molar-refractivity contribution < 1.29 is 24.0 Å². The van der Waals surface area contributed by atoms with Crippen LogP contribution in [0.5, 0.6) is 0 Å². The van der Waals surface area contributed by atoms with E-state index in [1.165, 1.54) is 0 Å². The van der Waals surface area contributed by atoms with E-state index in [1.807, 2.05) is 31.2 Å². The summed E-state index contributed by atoms with van der Waals surface area (Å²) in [5, 5.41) is 5.67. The summed E-state index contributed by atoms with van der Waals surface area (Å²) in [6.45, 7) is 4.56. The van der Waals surface area contributed by atoms with Crippen molar-refractivity contribution in [3.05, 3.63) is 59.7 Å². The van der Waals surface area contributed by atoms with Gasteiger partial charge in [-0.3, -0.25) is 14.4 Å². The highest BCUT2D eigenvalue weighted by Crippen LogP contribution is 2.18. The van der Waals surface area contributed by atoms with E-state index in [9.17, 15) is 14.4 Å². The van der Waals surface area contributed by atoms with Crippen LogP contribution in [0.15, 0.2) is 48.5 Å². The smallest absolute Gasteiger partial charge is 0.279 e. The number of rotatable bonds is 7. The first-order valence-electron chi connectivity index (χ1n) is 10.4. The standard InChI is InChI=1S/C23H28N4O4/c1-17-6-5-7-18(14-17)24-23(30)19-8-3-4-9-20(19)25-21(28)15-26(2)16-22(29)27-10-12-31-13-11-27/h3-9,14H,10-13,15-16H2,1-2H3,(H,24,30)(H,25,28)/p+1. The second kappa shape index (κ2) is 10.7. The number of morpholine rings is 1. The lowest BCUT2D eigenvalue weighted by Crippen LogP contribution is -3.11. The van der Waals surface area contributed by atoms with E-state index >= 15 is 0 Å². The van der Waals surface area contributed by atoms with Crippen LogP contribution < -0.4 is 15.5 Å². The van der Waals surface area contributed by atoms with Gasteiger partial charge in [-0.05, 0) is 36.8 Å². The Morgan fingerprint density at radius 2 is 1.74 bits per heavy atom. The number of nitrogens with one attached hydrogen (secondary N) is 3. The maximum atomic E-state index is 12.7. The highest BCUT2D eigenvalue weighted by Gasteiger charge is 2.22. The second-order valence-electron chi connectivity index (χ2n) is 7.72. The zero-order valence-corrected chi connectivity index (χ0v) is 17.9. The molecule has 1 fully saturated rings. The van der Waals surface area contributed by atoms with E-state index in [1.54, 1.807) is 36.2 Å². The minimum atomic E-state index is -0.301. The topological polar surface area (TPSA) is 92.2 Å². The molecule has 2 aromatic rings. The SMILES string of the molecule is Cc1cccc(NC(=O)c2ccccc2NC(=O)C[NH+](C)CC(=O)N2CCOCC2)c1. The van der Waals surface area contributed by atoms with Gasteiger partial charge in [-0.15, -0.1) is 0 Å². The lowest BCUT2D eigenvalue weighted by molar-refractivity contribution is -0.862. The third-order valence-electron chi connectivity index (χ3n) is 5.00. The zero-order chi connectivity index (χ0) is 22.2. The summed E-state index contributed by atoms with van der Waals surface area (Å²) in [5.74, 6) is -0.556. The molecule has 3 amide bonds. The van der Waals surface area contributed by atoms with Crippen LogP contribution in [-0.2, 0) is 14.3 Å². The average molecular weight is 426 g/mol. The van der Waals surface area contributed by atoms with Gasteiger partial charge >= 0.3 is 0 Å². The number of nitrogens with zero attached hydrogens (tertiary/aromatic N) is 1. The summed E-state index contributed by atoms with van der Waals surface area (Å²) >= 11 is 0. The van der Waals surface area contributed by atoms with Crippen molar-refractivity contribution in [2.24, 2.45) is 0 Å². The number of likely N-dealkylation sites (N-methyl/N-ethyl adjacent to an activating group) is 1. The molecule has 1 heterocycles. The number of amides is 3. The van der Waals surface area contributed by atoms with Gasteiger partial charge in [0.05, 0.1) is 31.5 Å². The lowest BCUT2D eigenvalue weighted by Gasteiger charge is -2.27. The van der Waals surface area contributed by atoms with Crippen molar-refractivity contribution in [3.8, 4) is 0 Å². The molecule has 0 spiro atoms. The normalized spacial score (nSPS) is 14.6. The highest BCUT2D eigenvalue weighted by molar-refractivity contribution is 6.10. The van der Waals surface area contributed by atoms with Gasteiger partial charge < -0.3 is 25.2 Å². The predicted octanol–water partition coefficient (Wildman–Crippen LogP) is 0.559. The van der Waals surface area contributed by atoms with Crippen LogP contribution in [0, 0.1) is 6.92 Å². The van der Waals surface area contributed by atoms with Crippen LogP contribution >= 0.6 is 0 Å². The zero-order valence-electron chi connectivity index (χ0n) is 17.9. The summed E-state index contributed by atoms with van der Waals surface area (Å²) in [6, 6.07) is 14.4. The van der Waals surface area contributed by atoms with E-state index in [-0.39, 0.29) is 30.8 Å². The van der Waals surface area contributed by atoms with Crippen LogP contribution in [0.1, 0.15) is 15.9 Å². The molecule has 1 saturated heterocycles. The van der Waals surface area contributed by atoms with Gasteiger partial charge in [-0.25, -0.2) is 0 Å². The minimum Gasteiger partial charge on any atom is -0.378 e. The first-order valence-corrected chi connectivity index (χ1v) is 10.4. The van der Waals surface area contributed by atoms with Gasteiger partial charge in [0.15, 0.2) is 13.1 Å². The van der Waals surface area contributed by atoms with E-state index in [0.717, 1.165) is 10.5 Å². The number of aryl methyl sites for hydroxylation is 1. The van der Waals surface area contributed by atoms with Crippen molar-refractivity contribution in [2.75, 3.05) is 57.1 Å². The molecule has 8 heteroatoms. The van der Waals surface area contributed by atoms with Crippen molar-refractivity contribution in [2.45, 2.75) is 6.92 Å². The van der Waals surface area contributed by atoms with Crippen LogP contribution in [0.25, 0.3) is 0 Å². The average Bonchev–Trinajstić information content (AvgIpc) is 2.74. The molecule has 1 atom stereocenters. The maximum Gasteiger partial charge on any atom is 0.279 e. The van der Waals surface area contributed by atoms with Crippen LogP contribution in [0.4, 0.5) is 11.4 Å². The van der Waals surface area contributed by atoms with Crippen LogP contribution in [0.3, 0.4) is 0 Å². The molecule has 1 aliphatic rings. The Labute approximate surface area is 182 Å². The molecule has 1 aliphatic heterocycles. The molecule has 0 aromatic heterocycles. The summed E-state index contributed by atoms with van der Waals surface area (Å²) < 4.78 is 5.26. The van der Waals surface area contributed by atoms with Crippen molar-refractivity contribution in [1.29, 1.82) is 0 Å². The monoisotopic (exact) mass is 425 g/mol. The molecule has 31 heavy (non-hydrogen) atoms. The molecule has 0 saturated carbocycles. The Hall–Kier alpha value is -3.23. The molecule has 3 N–H and O–H groups in total. The summed E-state index contributed by atoms with van der Waals surface area (Å²) in [6.07, 6.45) is 0. The van der Waals surface area contributed by atoms with Crippen molar-refractivity contribution in [3.63, 3.8) is 0 Å².